The molecule has 172 valence electrons. The molecule has 0 atom stereocenters. The van der Waals surface area contributed by atoms with Crippen LogP contribution in [0.15, 0.2) is 36.4 Å². The van der Waals surface area contributed by atoms with E-state index in [9.17, 15) is 0 Å². The predicted molar refractivity (Wildman–Crippen MR) is 139 cm³/mol. The molecule has 0 fully saturated rings. The predicted octanol–water partition coefficient (Wildman–Crippen LogP) is 6.95. The van der Waals surface area contributed by atoms with Crippen LogP contribution in [0.4, 0.5) is 0 Å². The first-order valence-corrected chi connectivity index (χ1v) is 13.0. The Labute approximate surface area is 205 Å². The number of benzene rings is 2. The van der Waals surface area contributed by atoms with E-state index in [-0.39, 0.29) is 0 Å². The van der Waals surface area contributed by atoms with Crippen molar-refractivity contribution in [3.05, 3.63) is 46.2 Å². The van der Waals surface area contributed by atoms with Crippen molar-refractivity contribution in [3.8, 4) is 43.9 Å². The summed E-state index contributed by atoms with van der Waals surface area (Å²) in [6, 6.07) is 13.4. The van der Waals surface area contributed by atoms with Crippen LogP contribution in [0, 0.1) is 13.8 Å². The van der Waals surface area contributed by atoms with Gasteiger partial charge in [-0.2, -0.15) is 0 Å². The van der Waals surface area contributed by atoms with Crippen molar-refractivity contribution in [1.82, 2.24) is 4.57 Å². The quantitative estimate of drug-likeness (QED) is 0.269. The molecule has 5 nitrogen and oxygen atoms in total. The number of rotatable bonds is 2. The second-order valence-electron chi connectivity index (χ2n) is 8.71. The van der Waals surface area contributed by atoms with Gasteiger partial charge in [0.05, 0.1) is 9.75 Å². The van der Waals surface area contributed by atoms with Crippen molar-refractivity contribution in [1.29, 1.82) is 0 Å². The van der Waals surface area contributed by atoms with Crippen molar-refractivity contribution >= 4 is 44.5 Å². The SMILES string of the molecule is Cc1sc(-c2ccc3c(c2)c2cc(-c4sc(C)c5c4OCCO5)ccc2n3C)c2c1OCCO2. The molecule has 0 amide bonds. The lowest BCUT2D eigenvalue weighted by molar-refractivity contribution is 0.173. The molecule has 7 heteroatoms. The molecule has 0 aliphatic carbocycles. The Hall–Kier alpha value is -3.16. The zero-order valence-electron chi connectivity index (χ0n) is 19.2. The van der Waals surface area contributed by atoms with E-state index in [1.54, 1.807) is 22.7 Å². The highest BCUT2D eigenvalue weighted by Gasteiger charge is 2.25. The van der Waals surface area contributed by atoms with Crippen LogP contribution in [-0.2, 0) is 7.05 Å². The molecule has 0 bridgehead atoms. The first-order chi connectivity index (χ1) is 16.6. The van der Waals surface area contributed by atoms with Gasteiger partial charge < -0.3 is 23.5 Å². The Bertz CT molecular complexity index is 1490. The summed E-state index contributed by atoms with van der Waals surface area (Å²) >= 11 is 3.47. The smallest absolute Gasteiger partial charge is 0.180 e. The summed E-state index contributed by atoms with van der Waals surface area (Å²) in [7, 11) is 2.13. The topological polar surface area (TPSA) is 41.9 Å². The molecule has 0 spiro atoms. The van der Waals surface area contributed by atoms with Gasteiger partial charge in [0.2, 0.25) is 0 Å². The molecule has 2 aliphatic rings. The van der Waals surface area contributed by atoms with Crippen molar-refractivity contribution in [2.45, 2.75) is 13.8 Å². The first-order valence-electron chi connectivity index (χ1n) is 11.4. The average Bonchev–Trinajstić information content (AvgIpc) is 3.49. The van der Waals surface area contributed by atoms with Crippen LogP contribution >= 0.6 is 22.7 Å². The Balaban J connectivity index is 1.42. The monoisotopic (exact) mass is 489 g/mol. The first kappa shape index (κ1) is 20.2. The maximum absolute atomic E-state index is 6.02. The molecule has 0 saturated heterocycles. The molecule has 0 saturated carbocycles. The van der Waals surface area contributed by atoms with Gasteiger partial charge in [-0.3, -0.25) is 0 Å². The third-order valence-electron chi connectivity index (χ3n) is 6.66. The van der Waals surface area contributed by atoms with Crippen molar-refractivity contribution < 1.29 is 18.9 Å². The minimum Gasteiger partial charge on any atom is -0.485 e. The largest absolute Gasteiger partial charge is 0.485 e. The summed E-state index contributed by atoms with van der Waals surface area (Å²) in [5, 5.41) is 2.46. The fraction of sp³-hybridized carbons (Fsp3) is 0.259. The molecule has 3 aromatic heterocycles. The van der Waals surface area contributed by atoms with Crippen LogP contribution in [0.25, 0.3) is 42.7 Å². The third kappa shape index (κ3) is 2.83. The molecular formula is C27H23NO4S2. The van der Waals surface area contributed by atoms with Crippen LogP contribution in [0.3, 0.4) is 0 Å². The number of nitrogens with zero attached hydrogens (tertiary/aromatic N) is 1. The number of fused-ring (bicyclic) bond motifs is 5. The van der Waals surface area contributed by atoms with E-state index >= 15 is 0 Å². The highest BCUT2D eigenvalue weighted by Crippen LogP contribution is 2.51. The van der Waals surface area contributed by atoms with Gasteiger partial charge in [-0.15, -0.1) is 22.7 Å². The maximum atomic E-state index is 6.02. The lowest BCUT2D eigenvalue weighted by Gasteiger charge is -2.17. The number of thiophene rings is 2. The lowest BCUT2D eigenvalue weighted by Crippen LogP contribution is -2.14. The minimum absolute atomic E-state index is 0.590. The van der Waals surface area contributed by atoms with Gasteiger partial charge in [-0.25, -0.2) is 0 Å². The molecule has 34 heavy (non-hydrogen) atoms. The Morgan fingerprint density at radius 3 is 1.47 bits per heavy atom. The van der Waals surface area contributed by atoms with Gasteiger partial charge in [0.25, 0.3) is 0 Å². The third-order valence-corrected chi connectivity index (χ3v) is 8.89. The summed E-state index contributed by atoms with van der Waals surface area (Å²) in [4.78, 5) is 4.58. The molecule has 5 aromatic rings. The van der Waals surface area contributed by atoms with Crippen LogP contribution in [0.5, 0.6) is 23.0 Å². The van der Waals surface area contributed by atoms with Gasteiger partial charge >= 0.3 is 0 Å². The van der Waals surface area contributed by atoms with Crippen LogP contribution < -0.4 is 18.9 Å². The summed E-state index contributed by atoms with van der Waals surface area (Å²) in [6.07, 6.45) is 0. The van der Waals surface area contributed by atoms with Gasteiger partial charge in [-0.1, -0.05) is 12.1 Å². The molecule has 0 radical (unpaired) electrons. The Morgan fingerprint density at radius 2 is 1.03 bits per heavy atom. The number of hydrogen-bond donors (Lipinski definition) is 0. The summed E-state index contributed by atoms with van der Waals surface area (Å²) in [6.45, 7) is 6.59. The summed E-state index contributed by atoms with van der Waals surface area (Å²) in [5.41, 5.74) is 4.73. The van der Waals surface area contributed by atoms with Gasteiger partial charge in [0, 0.05) is 38.6 Å². The Kier molecular flexibility index (Phi) is 4.41. The van der Waals surface area contributed by atoms with E-state index in [0.717, 1.165) is 53.6 Å². The maximum Gasteiger partial charge on any atom is 0.180 e. The van der Waals surface area contributed by atoms with Crippen LogP contribution in [0.1, 0.15) is 9.75 Å². The second-order valence-corrected chi connectivity index (χ2v) is 11.2. The number of aromatic nitrogens is 1. The summed E-state index contributed by atoms with van der Waals surface area (Å²) < 4.78 is 26.1. The molecule has 0 N–H and O–H groups in total. The minimum atomic E-state index is 0.590. The fourth-order valence-corrected chi connectivity index (χ4v) is 7.15. The zero-order chi connectivity index (χ0) is 23.0. The molecule has 5 heterocycles. The van der Waals surface area contributed by atoms with Crippen LogP contribution in [0.2, 0.25) is 0 Å². The standard InChI is InChI=1S/C27H23NO4S2/c1-14-22-24(31-10-8-29-22)26(33-14)16-4-6-20-18(12-16)19-13-17(5-7-21(19)28(20)3)27-25-23(15(2)34-27)30-9-11-32-25/h4-7,12-13H,8-11H2,1-3H3. The lowest BCUT2D eigenvalue weighted by atomic mass is 10.0. The van der Waals surface area contributed by atoms with Crippen molar-refractivity contribution in [2.75, 3.05) is 26.4 Å². The fourth-order valence-electron chi connectivity index (χ4n) is 5.07. The normalized spacial score (nSPS) is 14.8. The van der Waals surface area contributed by atoms with Crippen LogP contribution in [-0.4, -0.2) is 31.0 Å². The van der Waals surface area contributed by atoms with E-state index in [0.29, 0.717) is 26.4 Å². The molecule has 0 unspecified atom stereocenters. The van der Waals surface area contributed by atoms with E-state index < -0.39 is 0 Å². The van der Waals surface area contributed by atoms with Crippen molar-refractivity contribution in [2.24, 2.45) is 7.05 Å². The van der Waals surface area contributed by atoms with E-state index in [1.165, 1.54) is 21.8 Å². The van der Waals surface area contributed by atoms with Gasteiger partial charge in [-0.05, 0) is 49.2 Å². The zero-order valence-corrected chi connectivity index (χ0v) is 20.8. The van der Waals surface area contributed by atoms with E-state index in [2.05, 4.69) is 61.9 Å². The highest BCUT2D eigenvalue weighted by atomic mass is 32.1. The second kappa shape index (κ2) is 7.42. The van der Waals surface area contributed by atoms with Gasteiger partial charge in [0.15, 0.2) is 23.0 Å². The average molecular weight is 490 g/mol. The number of ether oxygens (including phenoxy) is 4. The number of aryl methyl sites for hydroxylation is 3. The number of hydrogen-bond acceptors (Lipinski definition) is 6. The molecule has 7 rings (SSSR count). The molecular weight excluding hydrogens is 466 g/mol. The Morgan fingerprint density at radius 1 is 0.618 bits per heavy atom. The van der Waals surface area contributed by atoms with E-state index in [4.69, 9.17) is 18.9 Å². The highest BCUT2D eigenvalue weighted by molar-refractivity contribution is 7.16. The van der Waals surface area contributed by atoms with Gasteiger partial charge in [0.1, 0.15) is 26.4 Å². The van der Waals surface area contributed by atoms with E-state index in [1.807, 2.05) is 0 Å². The van der Waals surface area contributed by atoms with Crippen molar-refractivity contribution in [3.63, 3.8) is 0 Å². The molecule has 2 aliphatic heterocycles. The summed E-state index contributed by atoms with van der Waals surface area (Å²) in [5.74, 6) is 3.55. The molecule has 2 aromatic carbocycles.